The van der Waals surface area contributed by atoms with Crippen LogP contribution in [0.15, 0.2) is 48.5 Å². The van der Waals surface area contributed by atoms with E-state index in [1.807, 2.05) is 36.4 Å². The van der Waals surface area contributed by atoms with Crippen LogP contribution in [0.1, 0.15) is 17.3 Å². The predicted octanol–water partition coefficient (Wildman–Crippen LogP) is 2.39. The summed E-state index contributed by atoms with van der Waals surface area (Å²) in [4.78, 5) is 28.7. The molecule has 158 valence electrons. The first-order valence-corrected chi connectivity index (χ1v) is 10.2. The molecular formula is C23H26N2O5. The molecule has 0 radical (unpaired) electrons. The zero-order valence-electron chi connectivity index (χ0n) is 17.1. The molecule has 7 heteroatoms. The van der Waals surface area contributed by atoms with Gasteiger partial charge in [0.05, 0.1) is 37.6 Å². The summed E-state index contributed by atoms with van der Waals surface area (Å²) >= 11 is 0. The van der Waals surface area contributed by atoms with Gasteiger partial charge in [0.2, 0.25) is 0 Å². The highest BCUT2D eigenvalue weighted by Gasteiger charge is 2.34. The van der Waals surface area contributed by atoms with Gasteiger partial charge in [-0.3, -0.25) is 9.59 Å². The average molecular weight is 410 g/mol. The summed E-state index contributed by atoms with van der Waals surface area (Å²) in [6.07, 6.45) is -0.567. The highest BCUT2D eigenvalue weighted by molar-refractivity contribution is 5.96. The SMILES string of the molecule is CC(=O)c1ccccc1OCCN1C[C@H](C(=O)N2CCOCC2)Oc2ccccc21. The molecule has 2 heterocycles. The zero-order valence-corrected chi connectivity index (χ0v) is 17.1. The van der Waals surface area contributed by atoms with Crippen LogP contribution in [0.5, 0.6) is 11.5 Å². The van der Waals surface area contributed by atoms with E-state index >= 15 is 0 Å². The summed E-state index contributed by atoms with van der Waals surface area (Å²) in [7, 11) is 0. The molecule has 7 nitrogen and oxygen atoms in total. The number of anilines is 1. The fourth-order valence-corrected chi connectivity index (χ4v) is 3.78. The third kappa shape index (κ3) is 4.41. The lowest BCUT2D eigenvalue weighted by atomic mass is 10.1. The quantitative estimate of drug-likeness (QED) is 0.682. The maximum absolute atomic E-state index is 13.0. The molecule has 2 aromatic rings. The Kier molecular flexibility index (Phi) is 6.18. The normalized spacial score (nSPS) is 18.4. The zero-order chi connectivity index (χ0) is 20.9. The molecule has 0 N–H and O–H groups in total. The number of nitrogens with zero attached hydrogens (tertiary/aromatic N) is 2. The average Bonchev–Trinajstić information content (AvgIpc) is 2.79. The van der Waals surface area contributed by atoms with Crippen LogP contribution in [0.25, 0.3) is 0 Å². The Morgan fingerprint density at radius 2 is 1.80 bits per heavy atom. The van der Waals surface area contributed by atoms with Gasteiger partial charge in [0.15, 0.2) is 11.9 Å². The fourth-order valence-electron chi connectivity index (χ4n) is 3.78. The first kappa shape index (κ1) is 20.2. The van der Waals surface area contributed by atoms with Crippen LogP contribution in [0.4, 0.5) is 5.69 Å². The van der Waals surface area contributed by atoms with Gasteiger partial charge in [-0.05, 0) is 31.2 Å². The summed E-state index contributed by atoms with van der Waals surface area (Å²) in [6, 6.07) is 14.9. The molecule has 2 aromatic carbocycles. The smallest absolute Gasteiger partial charge is 0.265 e. The van der Waals surface area contributed by atoms with E-state index in [0.29, 0.717) is 63.1 Å². The van der Waals surface area contributed by atoms with Gasteiger partial charge in [0.25, 0.3) is 5.91 Å². The van der Waals surface area contributed by atoms with Crippen molar-refractivity contribution >= 4 is 17.4 Å². The Hall–Kier alpha value is -3.06. The molecule has 1 amide bonds. The standard InChI is InChI=1S/C23H26N2O5/c1-17(26)18-6-2-4-8-20(18)29-15-12-25-16-22(23(27)24-10-13-28-14-11-24)30-21-9-5-3-7-19(21)25/h2-9,22H,10-16H2,1H3/t22-/m1/s1. The van der Waals surface area contributed by atoms with Gasteiger partial charge < -0.3 is 24.0 Å². The van der Waals surface area contributed by atoms with Crippen LogP contribution in [-0.2, 0) is 9.53 Å². The van der Waals surface area contributed by atoms with Crippen LogP contribution in [0.2, 0.25) is 0 Å². The highest BCUT2D eigenvalue weighted by Crippen LogP contribution is 2.33. The third-order valence-electron chi connectivity index (χ3n) is 5.34. The highest BCUT2D eigenvalue weighted by atomic mass is 16.5. The van der Waals surface area contributed by atoms with E-state index in [1.165, 1.54) is 6.92 Å². The van der Waals surface area contributed by atoms with Gasteiger partial charge in [0.1, 0.15) is 18.1 Å². The number of amides is 1. The van der Waals surface area contributed by atoms with E-state index in [0.717, 1.165) is 5.69 Å². The monoisotopic (exact) mass is 410 g/mol. The Balaban J connectivity index is 1.45. The molecule has 0 bridgehead atoms. The van der Waals surface area contributed by atoms with E-state index in [4.69, 9.17) is 14.2 Å². The van der Waals surface area contributed by atoms with E-state index in [-0.39, 0.29) is 11.7 Å². The largest absolute Gasteiger partial charge is 0.491 e. The number of Topliss-reactive ketones (excluding diaryl/α,β-unsaturated/α-hetero) is 1. The second kappa shape index (κ2) is 9.17. The summed E-state index contributed by atoms with van der Waals surface area (Å²) in [5.41, 5.74) is 1.51. The number of rotatable bonds is 6. The lowest BCUT2D eigenvalue weighted by Crippen LogP contribution is -2.53. The first-order valence-electron chi connectivity index (χ1n) is 10.2. The number of hydrogen-bond donors (Lipinski definition) is 0. The maximum atomic E-state index is 13.0. The minimum Gasteiger partial charge on any atom is -0.491 e. The van der Waals surface area contributed by atoms with Crippen molar-refractivity contribution in [2.24, 2.45) is 0 Å². The van der Waals surface area contributed by atoms with E-state index in [2.05, 4.69) is 4.90 Å². The molecule has 2 aliphatic rings. The molecule has 1 saturated heterocycles. The van der Waals surface area contributed by atoms with Crippen LogP contribution in [0, 0.1) is 0 Å². The molecule has 4 rings (SSSR count). The van der Waals surface area contributed by atoms with Crippen molar-refractivity contribution in [3.63, 3.8) is 0 Å². The van der Waals surface area contributed by atoms with Crippen molar-refractivity contribution in [2.45, 2.75) is 13.0 Å². The molecule has 1 fully saturated rings. The molecule has 0 saturated carbocycles. The molecule has 0 unspecified atom stereocenters. The number of para-hydroxylation sites is 3. The number of morpholine rings is 1. The topological polar surface area (TPSA) is 68.3 Å². The lowest BCUT2D eigenvalue weighted by Gasteiger charge is -2.38. The van der Waals surface area contributed by atoms with Gasteiger partial charge in [-0.1, -0.05) is 24.3 Å². The predicted molar refractivity (Wildman–Crippen MR) is 112 cm³/mol. The van der Waals surface area contributed by atoms with E-state index in [1.54, 1.807) is 17.0 Å². The summed E-state index contributed by atoms with van der Waals surface area (Å²) in [6.45, 7) is 5.23. The number of carbonyl (C=O) groups is 2. The van der Waals surface area contributed by atoms with E-state index in [9.17, 15) is 9.59 Å². The number of benzene rings is 2. The number of ketones is 1. The van der Waals surface area contributed by atoms with E-state index < -0.39 is 6.10 Å². The molecule has 0 spiro atoms. The molecular weight excluding hydrogens is 384 g/mol. The minimum atomic E-state index is -0.567. The maximum Gasteiger partial charge on any atom is 0.265 e. The fraction of sp³-hybridized carbons (Fsp3) is 0.391. The van der Waals surface area contributed by atoms with Crippen LogP contribution in [0.3, 0.4) is 0 Å². The second-order valence-corrected chi connectivity index (χ2v) is 7.36. The minimum absolute atomic E-state index is 0.0133. The Labute approximate surface area is 176 Å². The molecule has 30 heavy (non-hydrogen) atoms. The van der Waals surface area contributed by atoms with Gasteiger partial charge in [-0.2, -0.15) is 0 Å². The van der Waals surface area contributed by atoms with Gasteiger partial charge in [0, 0.05) is 13.1 Å². The van der Waals surface area contributed by atoms with Gasteiger partial charge in [-0.25, -0.2) is 0 Å². The summed E-state index contributed by atoms with van der Waals surface area (Å²) in [5, 5.41) is 0. The number of ether oxygens (including phenoxy) is 3. The van der Waals surface area contributed by atoms with Crippen molar-refractivity contribution in [3.05, 3.63) is 54.1 Å². The molecule has 2 aliphatic heterocycles. The third-order valence-corrected chi connectivity index (χ3v) is 5.34. The molecule has 0 aromatic heterocycles. The van der Waals surface area contributed by atoms with Gasteiger partial charge in [-0.15, -0.1) is 0 Å². The Morgan fingerprint density at radius 3 is 2.60 bits per heavy atom. The van der Waals surface area contributed by atoms with Crippen LogP contribution < -0.4 is 14.4 Å². The molecule has 1 atom stereocenters. The van der Waals surface area contributed by atoms with Crippen molar-refractivity contribution in [1.82, 2.24) is 4.90 Å². The summed E-state index contributed by atoms with van der Waals surface area (Å²) in [5.74, 6) is 1.23. The number of hydrogen-bond acceptors (Lipinski definition) is 6. The van der Waals surface area contributed by atoms with Crippen molar-refractivity contribution in [2.75, 3.05) is 50.9 Å². The first-order chi connectivity index (χ1) is 14.6. The Morgan fingerprint density at radius 1 is 1.07 bits per heavy atom. The second-order valence-electron chi connectivity index (χ2n) is 7.36. The molecule has 0 aliphatic carbocycles. The van der Waals surface area contributed by atoms with Crippen molar-refractivity contribution < 1.29 is 23.8 Å². The lowest BCUT2D eigenvalue weighted by molar-refractivity contribution is -0.142. The summed E-state index contributed by atoms with van der Waals surface area (Å²) < 4.78 is 17.3. The van der Waals surface area contributed by atoms with Crippen LogP contribution >= 0.6 is 0 Å². The van der Waals surface area contributed by atoms with Crippen LogP contribution in [-0.4, -0.2) is 68.7 Å². The number of fused-ring (bicyclic) bond motifs is 1. The van der Waals surface area contributed by atoms with Crippen molar-refractivity contribution in [1.29, 1.82) is 0 Å². The number of carbonyl (C=O) groups excluding carboxylic acids is 2. The Bertz CT molecular complexity index is 910. The van der Waals surface area contributed by atoms with Gasteiger partial charge >= 0.3 is 0 Å². The van der Waals surface area contributed by atoms with Crippen molar-refractivity contribution in [3.8, 4) is 11.5 Å².